The average molecular weight is 509 g/mol. The molecule has 0 aromatic heterocycles. The van der Waals surface area contributed by atoms with E-state index in [1.807, 2.05) is 24.3 Å². The van der Waals surface area contributed by atoms with Gasteiger partial charge in [-0.25, -0.2) is 4.39 Å². The Morgan fingerprint density at radius 3 is 2.59 bits per heavy atom. The molecule has 182 valence electrons. The summed E-state index contributed by atoms with van der Waals surface area (Å²) < 4.78 is 25.4. The number of amides is 1. The lowest BCUT2D eigenvalue weighted by Gasteiger charge is -2.57. The maximum Gasteiger partial charge on any atom is 0.258 e. The summed E-state index contributed by atoms with van der Waals surface area (Å²) in [6, 6.07) is 11.7. The number of carbonyl (C=O) groups is 1. The molecule has 9 heteroatoms. The number of rotatable bonds is 6. The lowest BCUT2D eigenvalue weighted by Crippen LogP contribution is -2.66. The zero-order valence-electron chi connectivity index (χ0n) is 18.5. The van der Waals surface area contributed by atoms with Crippen LogP contribution in [0.25, 0.3) is 0 Å². The Kier molecular flexibility index (Phi) is 6.50. The third-order valence-corrected chi connectivity index (χ3v) is 8.16. The summed E-state index contributed by atoms with van der Waals surface area (Å²) in [4.78, 5) is 12.6. The van der Waals surface area contributed by atoms with Gasteiger partial charge < -0.3 is 19.9 Å². The number of carbonyl (C=O) groups excluding carboxylic acids is 1. The van der Waals surface area contributed by atoms with Gasteiger partial charge in [-0.15, -0.1) is 0 Å². The van der Waals surface area contributed by atoms with Gasteiger partial charge in [-0.2, -0.15) is 0 Å². The zero-order chi connectivity index (χ0) is 23.9. The van der Waals surface area contributed by atoms with Crippen molar-refractivity contribution in [3.05, 3.63) is 63.9 Å². The van der Waals surface area contributed by atoms with E-state index in [0.717, 1.165) is 37.3 Å². The summed E-state index contributed by atoms with van der Waals surface area (Å²) >= 11 is 11.7. The number of ether oxygens (including phenoxy) is 2. The summed E-state index contributed by atoms with van der Waals surface area (Å²) in [6.07, 6.45) is 2.49. The highest BCUT2D eigenvalue weighted by Crippen LogP contribution is 2.55. The minimum Gasteiger partial charge on any atom is -0.484 e. The summed E-state index contributed by atoms with van der Waals surface area (Å²) in [7, 11) is 0. The van der Waals surface area contributed by atoms with Gasteiger partial charge in [-0.05, 0) is 61.9 Å². The smallest absolute Gasteiger partial charge is 0.258 e. The Hall–Kier alpha value is -1.90. The van der Waals surface area contributed by atoms with Gasteiger partial charge in [0.05, 0.1) is 17.2 Å². The van der Waals surface area contributed by atoms with E-state index in [1.54, 1.807) is 0 Å². The maximum atomic E-state index is 13.6. The predicted octanol–water partition coefficient (Wildman–Crippen LogP) is 4.38. The van der Waals surface area contributed by atoms with Crippen LogP contribution < -0.4 is 15.4 Å². The van der Waals surface area contributed by atoms with Gasteiger partial charge in [0, 0.05) is 28.6 Å². The molecule has 4 fully saturated rings. The van der Waals surface area contributed by atoms with Crippen LogP contribution in [0.2, 0.25) is 10.0 Å². The molecule has 6 rings (SSSR count). The van der Waals surface area contributed by atoms with Gasteiger partial charge in [-0.1, -0.05) is 35.3 Å². The monoisotopic (exact) mass is 508 g/mol. The number of halogens is 3. The highest BCUT2D eigenvalue weighted by atomic mass is 35.5. The summed E-state index contributed by atoms with van der Waals surface area (Å²) in [5.74, 6) is -0.658. The molecule has 1 saturated heterocycles. The van der Waals surface area contributed by atoms with E-state index < -0.39 is 17.5 Å². The predicted molar refractivity (Wildman–Crippen MR) is 126 cm³/mol. The number of fused-ring (bicyclic) bond motifs is 3. The van der Waals surface area contributed by atoms with Gasteiger partial charge in [0.1, 0.15) is 17.8 Å². The fourth-order valence-electron chi connectivity index (χ4n) is 5.65. The molecule has 2 aromatic rings. The van der Waals surface area contributed by atoms with Gasteiger partial charge >= 0.3 is 0 Å². The Balaban J connectivity index is 1.18. The van der Waals surface area contributed by atoms with Crippen LogP contribution in [0.3, 0.4) is 0 Å². The van der Waals surface area contributed by atoms with E-state index in [4.69, 9.17) is 32.7 Å². The molecular formula is C25H27Cl2FN2O4. The first-order chi connectivity index (χ1) is 16.3. The summed E-state index contributed by atoms with van der Waals surface area (Å²) in [5.41, 5.74) is 0.200. The van der Waals surface area contributed by atoms with Crippen LogP contribution in [-0.4, -0.2) is 42.0 Å². The molecule has 1 aliphatic heterocycles. The molecular weight excluding hydrogens is 482 g/mol. The van der Waals surface area contributed by atoms with E-state index in [2.05, 4.69) is 10.6 Å². The molecule has 0 radical (unpaired) electrons. The molecule has 4 aliphatic rings. The molecule has 2 aromatic carbocycles. The Morgan fingerprint density at radius 2 is 1.91 bits per heavy atom. The Morgan fingerprint density at radius 1 is 1.18 bits per heavy atom. The van der Waals surface area contributed by atoms with Crippen molar-refractivity contribution in [2.45, 2.75) is 56.1 Å². The van der Waals surface area contributed by atoms with Gasteiger partial charge in [0.2, 0.25) is 0 Å². The zero-order valence-corrected chi connectivity index (χ0v) is 20.0. The fourth-order valence-corrected chi connectivity index (χ4v) is 5.90. The summed E-state index contributed by atoms with van der Waals surface area (Å²) in [5, 5.41) is 18.4. The second-order valence-corrected chi connectivity index (χ2v) is 10.5. The molecule has 6 nitrogen and oxygen atoms in total. The molecule has 0 spiro atoms. The number of hydrogen-bond donors (Lipinski definition) is 3. The standard InChI is InChI=1S/C25H27Cl2FN2O4/c26-16-3-1-15(2-4-16)20-13-29-23(34-20)25-9-7-24(8-10-25,12-21(25)31)30-22(32)14-33-17-5-6-18(27)19(28)11-17/h1-6,11,20-21,23,29,31H,7-10,12-14H2,(H,30,32)/t20?,21-,23?,24?,25?/m1/s1. The molecule has 3 atom stereocenters. The van der Waals surface area contributed by atoms with Crippen LogP contribution in [-0.2, 0) is 9.53 Å². The van der Waals surface area contributed by atoms with Gasteiger partial charge in [0.15, 0.2) is 6.61 Å². The molecule has 1 heterocycles. The number of hydrogen-bond acceptors (Lipinski definition) is 5. The van der Waals surface area contributed by atoms with Crippen LogP contribution in [0.15, 0.2) is 42.5 Å². The molecule has 3 N–H and O–H groups in total. The first kappa shape index (κ1) is 23.8. The van der Waals surface area contributed by atoms with E-state index in [1.165, 1.54) is 12.1 Å². The molecule has 1 amide bonds. The normalized spacial score (nSPS) is 32.5. The third kappa shape index (κ3) is 4.52. The highest BCUT2D eigenvalue weighted by Gasteiger charge is 2.59. The van der Waals surface area contributed by atoms with Gasteiger partial charge in [-0.3, -0.25) is 10.1 Å². The van der Waals surface area contributed by atoms with Gasteiger partial charge in [0.25, 0.3) is 5.91 Å². The van der Waals surface area contributed by atoms with Crippen molar-refractivity contribution < 1.29 is 23.8 Å². The minimum absolute atomic E-state index is 0.00205. The van der Waals surface area contributed by atoms with Crippen molar-refractivity contribution in [1.82, 2.24) is 10.6 Å². The number of aliphatic hydroxyl groups is 1. The second-order valence-electron chi connectivity index (χ2n) is 9.61. The van der Waals surface area contributed by atoms with Crippen LogP contribution in [0.4, 0.5) is 4.39 Å². The highest BCUT2D eigenvalue weighted by molar-refractivity contribution is 6.30. The van der Waals surface area contributed by atoms with Crippen molar-refractivity contribution in [3.8, 4) is 5.75 Å². The minimum atomic E-state index is -0.608. The SMILES string of the molecule is O=C(COc1ccc(Cl)c(F)c1)NC12CCC(C3NCC(c4ccc(Cl)cc4)O3)(CC1)[C@H](O)C2. The van der Waals surface area contributed by atoms with Crippen molar-refractivity contribution in [1.29, 1.82) is 0 Å². The van der Waals surface area contributed by atoms with E-state index in [-0.39, 0.29) is 41.0 Å². The first-order valence-corrected chi connectivity index (χ1v) is 12.3. The van der Waals surface area contributed by atoms with Crippen molar-refractivity contribution >= 4 is 29.1 Å². The maximum absolute atomic E-state index is 13.6. The fraction of sp³-hybridized carbons (Fsp3) is 0.480. The van der Waals surface area contributed by atoms with Crippen molar-refractivity contribution in [2.24, 2.45) is 5.41 Å². The van der Waals surface area contributed by atoms with Crippen molar-refractivity contribution in [2.75, 3.05) is 13.2 Å². The van der Waals surface area contributed by atoms with E-state index in [9.17, 15) is 14.3 Å². The summed E-state index contributed by atoms with van der Waals surface area (Å²) in [6.45, 7) is 0.436. The average Bonchev–Trinajstić information content (AvgIpc) is 3.32. The molecule has 34 heavy (non-hydrogen) atoms. The number of benzene rings is 2. The first-order valence-electron chi connectivity index (χ1n) is 11.5. The van der Waals surface area contributed by atoms with E-state index in [0.29, 0.717) is 18.0 Å². The quantitative estimate of drug-likeness (QED) is 0.539. The van der Waals surface area contributed by atoms with Crippen LogP contribution in [0, 0.1) is 11.2 Å². The van der Waals surface area contributed by atoms with Crippen LogP contribution in [0.1, 0.15) is 43.8 Å². The number of aliphatic hydroxyl groups excluding tert-OH is 1. The van der Waals surface area contributed by atoms with E-state index >= 15 is 0 Å². The molecule has 2 bridgehead atoms. The number of nitrogens with one attached hydrogen (secondary N) is 2. The lowest BCUT2D eigenvalue weighted by molar-refractivity contribution is -0.173. The Bertz CT molecular complexity index is 1060. The second kappa shape index (κ2) is 9.28. The molecule has 3 saturated carbocycles. The largest absolute Gasteiger partial charge is 0.484 e. The molecule has 3 aliphatic carbocycles. The third-order valence-electron chi connectivity index (χ3n) is 7.60. The molecule has 2 unspecified atom stereocenters. The topological polar surface area (TPSA) is 79.8 Å². The van der Waals surface area contributed by atoms with Crippen LogP contribution >= 0.6 is 23.2 Å². The Labute approximate surface area is 207 Å². The van der Waals surface area contributed by atoms with Crippen molar-refractivity contribution in [3.63, 3.8) is 0 Å². The van der Waals surface area contributed by atoms with Crippen LogP contribution in [0.5, 0.6) is 5.75 Å². The lowest BCUT2D eigenvalue weighted by atomic mass is 9.55.